The highest BCUT2D eigenvalue weighted by atomic mass is 15.1. The van der Waals surface area contributed by atoms with Crippen LogP contribution in [0.25, 0.3) is 0 Å². The lowest BCUT2D eigenvalue weighted by Crippen LogP contribution is -2.21. The van der Waals surface area contributed by atoms with Crippen LogP contribution in [0.5, 0.6) is 0 Å². The minimum atomic E-state index is 0.490. The van der Waals surface area contributed by atoms with E-state index in [1.54, 1.807) is 6.07 Å². The van der Waals surface area contributed by atoms with Gasteiger partial charge in [-0.3, -0.25) is 0 Å². The molecule has 0 fully saturated rings. The van der Waals surface area contributed by atoms with E-state index in [0.29, 0.717) is 5.82 Å². The number of nitrogens with two attached hydrogens (primary N) is 1. The molecule has 0 amide bonds. The van der Waals surface area contributed by atoms with E-state index in [-0.39, 0.29) is 0 Å². The van der Waals surface area contributed by atoms with Crippen molar-refractivity contribution >= 4 is 11.6 Å². The monoisotopic (exact) mass is 271 g/mol. The molecule has 106 valence electrons. The summed E-state index contributed by atoms with van der Waals surface area (Å²) in [6.07, 6.45) is 2.52. The van der Waals surface area contributed by atoms with E-state index >= 15 is 0 Å². The maximum atomic E-state index is 5.60. The van der Waals surface area contributed by atoms with Crippen LogP contribution in [0, 0.1) is 0 Å². The summed E-state index contributed by atoms with van der Waals surface area (Å²) in [5.74, 6) is 1.27. The van der Waals surface area contributed by atoms with Crippen molar-refractivity contribution in [1.29, 1.82) is 0 Å². The molecule has 0 aliphatic heterocycles. The normalized spacial score (nSPS) is 10.7. The fourth-order valence-electron chi connectivity index (χ4n) is 2.01. The van der Waals surface area contributed by atoms with Crippen molar-refractivity contribution in [2.45, 2.75) is 13.0 Å². The Hall–Kier alpha value is -2.14. The van der Waals surface area contributed by atoms with Gasteiger partial charge < -0.3 is 16.0 Å². The SMILES string of the molecule is CN(CCCNc1cc(N)ncn1)Cc1ccccc1. The zero-order chi connectivity index (χ0) is 14.2. The minimum absolute atomic E-state index is 0.490. The molecule has 0 spiro atoms. The van der Waals surface area contributed by atoms with Crippen molar-refractivity contribution in [3.63, 3.8) is 0 Å². The van der Waals surface area contributed by atoms with Crippen molar-refractivity contribution in [2.24, 2.45) is 0 Å². The number of anilines is 2. The summed E-state index contributed by atoms with van der Waals surface area (Å²) in [5, 5.41) is 3.25. The van der Waals surface area contributed by atoms with Gasteiger partial charge in [-0.1, -0.05) is 30.3 Å². The Morgan fingerprint density at radius 1 is 1.20 bits per heavy atom. The van der Waals surface area contributed by atoms with Gasteiger partial charge in [0.05, 0.1) is 0 Å². The molecule has 3 N–H and O–H groups in total. The number of hydrogen-bond acceptors (Lipinski definition) is 5. The summed E-state index contributed by atoms with van der Waals surface area (Å²) in [4.78, 5) is 10.3. The molecule has 5 nitrogen and oxygen atoms in total. The number of rotatable bonds is 7. The van der Waals surface area contributed by atoms with Gasteiger partial charge in [0.2, 0.25) is 0 Å². The molecule has 1 aromatic heterocycles. The molecule has 2 aromatic rings. The van der Waals surface area contributed by atoms with Crippen LogP contribution in [0.1, 0.15) is 12.0 Å². The van der Waals surface area contributed by atoms with Crippen molar-refractivity contribution in [3.05, 3.63) is 48.3 Å². The molecule has 1 aromatic carbocycles. The van der Waals surface area contributed by atoms with Crippen molar-refractivity contribution in [2.75, 3.05) is 31.2 Å². The van der Waals surface area contributed by atoms with Gasteiger partial charge in [-0.15, -0.1) is 0 Å². The summed E-state index contributed by atoms with van der Waals surface area (Å²) in [6, 6.07) is 12.2. The highest BCUT2D eigenvalue weighted by Crippen LogP contribution is 2.05. The molecule has 0 atom stereocenters. The predicted molar refractivity (Wildman–Crippen MR) is 82.3 cm³/mol. The Bertz CT molecular complexity index is 515. The van der Waals surface area contributed by atoms with Gasteiger partial charge in [-0.25, -0.2) is 9.97 Å². The Balaban J connectivity index is 1.66. The van der Waals surface area contributed by atoms with E-state index in [9.17, 15) is 0 Å². The Kier molecular flexibility index (Phi) is 5.32. The van der Waals surface area contributed by atoms with E-state index in [1.807, 2.05) is 6.07 Å². The largest absolute Gasteiger partial charge is 0.384 e. The maximum absolute atomic E-state index is 5.60. The maximum Gasteiger partial charge on any atom is 0.131 e. The lowest BCUT2D eigenvalue weighted by Gasteiger charge is -2.16. The van der Waals surface area contributed by atoms with Crippen LogP contribution in [0.3, 0.4) is 0 Å². The smallest absolute Gasteiger partial charge is 0.131 e. The number of nitrogens with zero attached hydrogens (tertiary/aromatic N) is 3. The van der Waals surface area contributed by atoms with Gasteiger partial charge in [0.1, 0.15) is 18.0 Å². The number of nitrogens with one attached hydrogen (secondary N) is 1. The molecule has 1 heterocycles. The first kappa shape index (κ1) is 14.3. The summed E-state index contributed by atoms with van der Waals surface area (Å²) >= 11 is 0. The average Bonchev–Trinajstić information content (AvgIpc) is 2.45. The summed E-state index contributed by atoms with van der Waals surface area (Å²) in [5.41, 5.74) is 6.94. The fourth-order valence-corrected chi connectivity index (χ4v) is 2.01. The number of hydrogen-bond donors (Lipinski definition) is 2. The summed E-state index contributed by atoms with van der Waals surface area (Å²) in [6.45, 7) is 2.87. The first-order valence-electron chi connectivity index (χ1n) is 6.78. The standard InChI is InChI=1S/C15H21N5/c1-20(11-13-6-3-2-4-7-13)9-5-8-17-15-10-14(16)18-12-19-15/h2-4,6-7,10,12H,5,8-9,11H2,1H3,(H3,16,17,18,19). The molecule has 0 radical (unpaired) electrons. The van der Waals surface area contributed by atoms with Crippen molar-refractivity contribution < 1.29 is 0 Å². The minimum Gasteiger partial charge on any atom is -0.384 e. The summed E-state index contributed by atoms with van der Waals surface area (Å²) in [7, 11) is 2.13. The number of aromatic nitrogens is 2. The van der Waals surface area contributed by atoms with Gasteiger partial charge in [0.25, 0.3) is 0 Å². The molecular weight excluding hydrogens is 250 g/mol. The highest BCUT2D eigenvalue weighted by molar-refractivity contribution is 5.43. The van der Waals surface area contributed by atoms with Crippen molar-refractivity contribution in [3.8, 4) is 0 Å². The molecular formula is C15H21N5. The van der Waals surface area contributed by atoms with E-state index in [2.05, 4.69) is 51.5 Å². The van der Waals surface area contributed by atoms with Gasteiger partial charge in [0, 0.05) is 19.2 Å². The van der Waals surface area contributed by atoms with E-state index < -0.39 is 0 Å². The van der Waals surface area contributed by atoms with Crippen LogP contribution >= 0.6 is 0 Å². The van der Waals surface area contributed by atoms with Crippen LogP contribution in [-0.4, -0.2) is 35.0 Å². The third kappa shape index (κ3) is 4.85. The van der Waals surface area contributed by atoms with Crippen LogP contribution < -0.4 is 11.1 Å². The van der Waals surface area contributed by atoms with Crippen LogP contribution in [0.2, 0.25) is 0 Å². The van der Waals surface area contributed by atoms with E-state index in [1.165, 1.54) is 11.9 Å². The Morgan fingerprint density at radius 3 is 2.75 bits per heavy atom. The van der Waals surface area contributed by atoms with Crippen LogP contribution in [0.15, 0.2) is 42.7 Å². The third-order valence-electron chi connectivity index (χ3n) is 3.01. The second kappa shape index (κ2) is 7.45. The zero-order valence-electron chi connectivity index (χ0n) is 11.8. The molecule has 0 unspecified atom stereocenters. The summed E-state index contributed by atoms with van der Waals surface area (Å²) < 4.78 is 0. The first-order valence-corrected chi connectivity index (χ1v) is 6.78. The highest BCUT2D eigenvalue weighted by Gasteiger charge is 2.00. The molecule has 0 aliphatic rings. The fraction of sp³-hybridized carbons (Fsp3) is 0.333. The van der Waals surface area contributed by atoms with E-state index in [4.69, 9.17) is 5.73 Å². The quantitative estimate of drug-likeness (QED) is 0.754. The molecule has 2 rings (SSSR count). The molecule has 0 saturated heterocycles. The second-order valence-corrected chi connectivity index (χ2v) is 4.83. The molecule has 20 heavy (non-hydrogen) atoms. The van der Waals surface area contributed by atoms with Gasteiger partial charge >= 0.3 is 0 Å². The Labute approximate surface area is 119 Å². The number of benzene rings is 1. The van der Waals surface area contributed by atoms with Crippen LogP contribution in [-0.2, 0) is 6.54 Å². The van der Waals surface area contributed by atoms with Gasteiger partial charge in [0.15, 0.2) is 0 Å². The molecule has 0 bridgehead atoms. The van der Waals surface area contributed by atoms with E-state index in [0.717, 1.165) is 31.9 Å². The lowest BCUT2D eigenvalue weighted by atomic mass is 10.2. The van der Waals surface area contributed by atoms with Crippen LogP contribution in [0.4, 0.5) is 11.6 Å². The molecule has 0 saturated carbocycles. The van der Waals surface area contributed by atoms with Gasteiger partial charge in [-0.2, -0.15) is 0 Å². The zero-order valence-corrected chi connectivity index (χ0v) is 11.8. The van der Waals surface area contributed by atoms with Gasteiger partial charge in [-0.05, 0) is 25.6 Å². The van der Waals surface area contributed by atoms with Crippen molar-refractivity contribution in [1.82, 2.24) is 14.9 Å². The third-order valence-corrected chi connectivity index (χ3v) is 3.01. The lowest BCUT2D eigenvalue weighted by molar-refractivity contribution is 0.325. The molecule has 5 heteroatoms. The number of nitrogen functional groups attached to an aromatic ring is 1. The predicted octanol–water partition coefficient (Wildman–Crippen LogP) is 1.99. The average molecular weight is 271 g/mol. The first-order chi connectivity index (χ1) is 9.74. The topological polar surface area (TPSA) is 67.1 Å². The molecule has 0 aliphatic carbocycles. The second-order valence-electron chi connectivity index (χ2n) is 4.83. The Morgan fingerprint density at radius 2 is 2.00 bits per heavy atom.